The maximum atomic E-state index is 11.7. The van der Waals surface area contributed by atoms with E-state index >= 15 is 0 Å². The summed E-state index contributed by atoms with van der Waals surface area (Å²) >= 11 is 0. The summed E-state index contributed by atoms with van der Waals surface area (Å²) in [6.07, 6.45) is 8.93. The summed E-state index contributed by atoms with van der Waals surface area (Å²) in [5.74, 6) is 1.88. The lowest BCUT2D eigenvalue weighted by Gasteiger charge is -2.27. The van der Waals surface area contributed by atoms with Gasteiger partial charge in [-0.2, -0.15) is 0 Å². The van der Waals surface area contributed by atoms with Crippen molar-refractivity contribution in [3.63, 3.8) is 0 Å². The number of hydrogen-bond acceptors (Lipinski definition) is 2. The molecular weight excluding hydrogens is 236 g/mol. The first-order chi connectivity index (χ1) is 9.15. The highest BCUT2D eigenvalue weighted by atomic mass is 16.1. The summed E-state index contributed by atoms with van der Waals surface area (Å²) in [5, 5.41) is 6.36. The van der Waals surface area contributed by atoms with Crippen molar-refractivity contribution in [3.05, 3.63) is 0 Å². The normalized spacial score (nSPS) is 25.0. The van der Waals surface area contributed by atoms with Crippen LogP contribution in [0.1, 0.15) is 65.7 Å². The molecule has 1 atom stereocenters. The highest BCUT2D eigenvalue weighted by Gasteiger charge is 2.19. The molecule has 19 heavy (non-hydrogen) atoms. The Bertz CT molecular complexity index is 247. The van der Waals surface area contributed by atoms with Crippen LogP contribution < -0.4 is 10.6 Å². The molecule has 0 bridgehead atoms. The van der Waals surface area contributed by atoms with E-state index in [-0.39, 0.29) is 5.91 Å². The van der Waals surface area contributed by atoms with E-state index in [9.17, 15) is 4.79 Å². The van der Waals surface area contributed by atoms with E-state index in [1.54, 1.807) is 0 Å². The number of rotatable bonds is 8. The SMILES string of the molecule is CCCC(C)NC(=O)CNCC1CCC(CC)CC1. The van der Waals surface area contributed by atoms with E-state index in [1.807, 2.05) is 0 Å². The molecule has 1 amide bonds. The summed E-state index contributed by atoms with van der Waals surface area (Å²) in [4.78, 5) is 11.7. The second-order valence-electron chi connectivity index (χ2n) is 6.18. The molecule has 0 saturated heterocycles. The van der Waals surface area contributed by atoms with Gasteiger partial charge < -0.3 is 10.6 Å². The van der Waals surface area contributed by atoms with Crippen LogP contribution >= 0.6 is 0 Å². The second kappa shape index (κ2) is 9.35. The Morgan fingerprint density at radius 1 is 1.16 bits per heavy atom. The lowest BCUT2D eigenvalue weighted by atomic mass is 9.81. The molecule has 3 heteroatoms. The van der Waals surface area contributed by atoms with Crippen LogP contribution in [-0.2, 0) is 4.79 Å². The molecule has 0 aromatic carbocycles. The van der Waals surface area contributed by atoms with Crippen LogP contribution in [0.4, 0.5) is 0 Å². The molecule has 3 nitrogen and oxygen atoms in total. The van der Waals surface area contributed by atoms with Crippen molar-refractivity contribution in [1.82, 2.24) is 10.6 Å². The van der Waals surface area contributed by atoms with Gasteiger partial charge in [0.1, 0.15) is 0 Å². The smallest absolute Gasteiger partial charge is 0.234 e. The number of nitrogens with one attached hydrogen (secondary N) is 2. The summed E-state index contributed by atoms with van der Waals surface area (Å²) < 4.78 is 0. The molecular formula is C16H32N2O. The van der Waals surface area contributed by atoms with Crippen LogP contribution in [0.3, 0.4) is 0 Å². The van der Waals surface area contributed by atoms with Gasteiger partial charge in [-0.15, -0.1) is 0 Å². The molecule has 0 aliphatic heterocycles. The van der Waals surface area contributed by atoms with Gasteiger partial charge in [0.15, 0.2) is 0 Å². The van der Waals surface area contributed by atoms with Crippen LogP contribution in [0, 0.1) is 11.8 Å². The molecule has 0 heterocycles. The quantitative estimate of drug-likeness (QED) is 0.710. The molecule has 0 aromatic heterocycles. The number of amides is 1. The van der Waals surface area contributed by atoms with Crippen molar-refractivity contribution in [1.29, 1.82) is 0 Å². The third-order valence-electron chi connectivity index (χ3n) is 4.39. The molecule has 0 spiro atoms. The molecule has 0 radical (unpaired) electrons. The molecule has 112 valence electrons. The topological polar surface area (TPSA) is 41.1 Å². The Kier molecular flexibility index (Phi) is 8.11. The minimum absolute atomic E-state index is 0.142. The minimum atomic E-state index is 0.142. The van der Waals surface area contributed by atoms with Gasteiger partial charge in [-0.1, -0.05) is 39.5 Å². The van der Waals surface area contributed by atoms with Gasteiger partial charge in [0.05, 0.1) is 6.54 Å². The predicted molar refractivity (Wildman–Crippen MR) is 81.1 cm³/mol. The number of hydrogen-bond donors (Lipinski definition) is 2. The average Bonchev–Trinajstić information content (AvgIpc) is 2.39. The molecule has 0 aromatic rings. The maximum Gasteiger partial charge on any atom is 0.234 e. The van der Waals surface area contributed by atoms with Crippen molar-refractivity contribution in [3.8, 4) is 0 Å². The first kappa shape index (κ1) is 16.5. The van der Waals surface area contributed by atoms with Crippen molar-refractivity contribution >= 4 is 5.91 Å². The highest BCUT2D eigenvalue weighted by molar-refractivity contribution is 5.78. The number of carbonyl (C=O) groups excluding carboxylic acids is 1. The fourth-order valence-corrected chi connectivity index (χ4v) is 3.06. The maximum absolute atomic E-state index is 11.7. The van der Waals surface area contributed by atoms with Crippen LogP contribution in [0.25, 0.3) is 0 Å². The standard InChI is InChI=1S/C16H32N2O/c1-4-6-13(3)18-16(19)12-17-11-15-9-7-14(5-2)8-10-15/h13-15,17H,4-12H2,1-3H3,(H,18,19). The summed E-state index contributed by atoms with van der Waals surface area (Å²) in [6, 6.07) is 0.305. The van der Waals surface area contributed by atoms with Crippen molar-refractivity contribution < 1.29 is 4.79 Å². The van der Waals surface area contributed by atoms with E-state index < -0.39 is 0 Å². The predicted octanol–water partition coefficient (Wildman–Crippen LogP) is 3.10. The van der Waals surface area contributed by atoms with Gasteiger partial charge >= 0.3 is 0 Å². The first-order valence-electron chi connectivity index (χ1n) is 8.15. The zero-order valence-electron chi connectivity index (χ0n) is 13.0. The lowest BCUT2D eigenvalue weighted by Crippen LogP contribution is -2.40. The molecule has 1 aliphatic carbocycles. The van der Waals surface area contributed by atoms with Gasteiger partial charge in [-0.25, -0.2) is 0 Å². The second-order valence-corrected chi connectivity index (χ2v) is 6.18. The largest absolute Gasteiger partial charge is 0.353 e. The van der Waals surface area contributed by atoms with Crippen LogP contribution in [0.5, 0.6) is 0 Å². The fourth-order valence-electron chi connectivity index (χ4n) is 3.06. The molecule has 1 rings (SSSR count). The fraction of sp³-hybridized carbons (Fsp3) is 0.938. The third-order valence-corrected chi connectivity index (χ3v) is 4.39. The summed E-state index contributed by atoms with van der Waals surface area (Å²) in [5.41, 5.74) is 0. The minimum Gasteiger partial charge on any atom is -0.353 e. The Morgan fingerprint density at radius 2 is 1.79 bits per heavy atom. The van der Waals surface area contributed by atoms with Gasteiger partial charge in [0.25, 0.3) is 0 Å². The molecule has 2 N–H and O–H groups in total. The monoisotopic (exact) mass is 268 g/mol. The van der Waals surface area contributed by atoms with Gasteiger partial charge in [-0.05, 0) is 44.6 Å². The third kappa shape index (κ3) is 6.95. The van der Waals surface area contributed by atoms with Crippen LogP contribution in [0.15, 0.2) is 0 Å². The molecule has 1 saturated carbocycles. The molecule has 1 aliphatic rings. The summed E-state index contributed by atoms with van der Waals surface area (Å²) in [7, 11) is 0. The van der Waals surface area contributed by atoms with Crippen molar-refractivity contribution in [2.45, 2.75) is 71.8 Å². The van der Waals surface area contributed by atoms with E-state index in [0.29, 0.717) is 12.6 Å². The van der Waals surface area contributed by atoms with Crippen molar-refractivity contribution in [2.75, 3.05) is 13.1 Å². The zero-order chi connectivity index (χ0) is 14.1. The highest BCUT2D eigenvalue weighted by Crippen LogP contribution is 2.29. The van der Waals surface area contributed by atoms with Gasteiger partial charge in [0, 0.05) is 6.04 Å². The van der Waals surface area contributed by atoms with E-state index in [0.717, 1.165) is 31.2 Å². The Morgan fingerprint density at radius 3 is 2.37 bits per heavy atom. The lowest BCUT2D eigenvalue weighted by molar-refractivity contribution is -0.120. The molecule has 1 fully saturated rings. The first-order valence-corrected chi connectivity index (χ1v) is 8.15. The molecule has 1 unspecified atom stereocenters. The van der Waals surface area contributed by atoms with Gasteiger partial charge in [-0.3, -0.25) is 4.79 Å². The van der Waals surface area contributed by atoms with E-state index in [2.05, 4.69) is 31.4 Å². The van der Waals surface area contributed by atoms with Gasteiger partial charge in [0.2, 0.25) is 5.91 Å². The van der Waals surface area contributed by atoms with Crippen molar-refractivity contribution in [2.24, 2.45) is 11.8 Å². The average molecular weight is 268 g/mol. The number of carbonyl (C=O) groups is 1. The Hall–Kier alpha value is -0.570. The Balaban J connectivity index is 2.05. The van der Waals surface area contributed by atoms with E-state index in [1.165, 1.54) is 32.1 Å². The zero-order valence-corrected chi connectivity index (χ0v) is 13.0. The van der Waals surface area contributed by atoms with E-state index in [4.69, 9.17) is 0 Å². The Labute approximate surface area is 118 Å². The summed E-state index contributed by atoms with van der Waals surface area (Å²) in [6.45, 7) is 8.00. The van der Waals surface area contributed by atoms with Crippen LogP contribution in [0.2, 0.25) is 0 Å². The van der Waals surface area contributed by atoms with Crippen LogP contribution in [-0.4, -0.2) is 25.0 Å².